The molecule has 3 heteroatoms. The minimum Gasteiger partial charge on any atom is -0.512 e. The lowest BCUT2D eigenvalue weighted by Crippen LogP contribution is -2.26. The van der Waals surface area contributed by atoms with Gasteiger partial charge in [0.2, 0.25) is 0 Å². The SMILES string of the molecule is CCCCCCC1=C(O)C[C@@H](CCCCCC)OC1=O. The van der Waals surface area contributed by atoms with Crippen LogP contribution in [0.4, 0.5) is 0 Å². The molecule has 116 valence electrons. The molecule has 1 N–H and O–H groups in total. The van der Waals surface area contributed by atoms with E-state index in [-0.39, 0.29) is 17.8 Å². The molecule has 0 amide bonds. The molecule has 0 saturated heterocycles. The Morgan fingerprint density at radius 1 is 1.05 bits per heavy atom. The molecular formula is C17H30O3. The summed E-state index contributed by atoms with van der Waals surface area (Å²) in [6.45, 7) is 4.34. The Morgan fingerprint density at radius 3 is 2.30 bits per heavy atom. The van der Waals surface area contributed by atoms with Crippen molar-refractivity contribution >= 4 is 5.97 Å². The molecule has 0 unspecified atom stereocenters. The van der Waals surface area contributed by atoms with Gasteiger partial charge in [0.25, 0.3) is 0 Å². The lowest BCUT2D eigenvalue weighted by Gasteiger charge is -2.24. The van der Waals surface area contributed by atoms with Gasteiger partial charge < -0.3 is 9.84 Å². The maximum atomic E-state index is 11.9. The normalized spacial score (nSPS) is 19.3. The van der Waals surface area contributed by atoms with E-state index < -0.39 is 0 Å². The zero-order valence-electron chi connectivity index (χ0n) is 13.1. The number of carbonyl (C=O) groups is 1. The Balaban J connectivity index is 2.35. The number of esters is 1. The number of aliphatic hydroxyl groups excluding tert-OH is 1. The lowest BCUT2D eigenvalue weighted by molar-refractivity contribution is -0.147. The average Bonchev–Trinajstić information content (AvgIpc) is 2.42. The van der Waals surface area contributed by atoms with Crippen molar-refractivity contribution in [3.05, 3.63) is 11.3 Å². The van der Waals surface area contributed by atoms with Crippen LogP contribution in [0.15, 0.2) is 11.3 Å². The molecule has 3 nitrogen and oxygen atoms in total. The van der Waals surface area contributed by atoms with Crippen molar-refractivity contribution in [2.24, 2.45) is 0 Å². The molecule has 0 fully saturated rings. The van der Waals surface area contributed by atoms with Gasteiger partial charge in [0.15, 0.2) is 0 Å². The highest BCUT2D eigenvalue weighted by molar-refractivity contribution is 5.89. The van der Waals surface area contributed by atoms with Gasteiger partial charge in [-0.2, -0.15) is 0 Å². The molecule has 1 heterocycles. The van der Waals surface area contributed by atoms with Gasteiger partial charge in [0, 0.05) is 6.42 Å². The van der Waals surface area contributed by atoms with Crippen LogP contribution in [0.1, 0.15) is 84.5 Å². The van der Waals surface area contributed by atoms with Crippen LogP contribution >= 0.6 is 0 Å². The minimum atomic E-state index is -0.286. The van der Waals surface area contributed by atoms with Gasteiger partial charge in [-0.15, -0.1) is 0 Å². The van der Waals surface area contributed by atoms with Gasteiger partial charge >= 0.3 is 5.97 Å². The highest BCUT2D eigenvalue weighted by atomic mass is 16.5. The summed E-state index contributed by atoms with van der Waals surface area (Å²) in [7, 11) is 0. The second-order valence-electron chi connectivity index (χ2n) is 5.82. The summed E-state index contributed by atoms with van der Waals surface area (Å²) in [4.78, 5) is 11.9. The van der Waals surface area contributed by atoms with Crippen molar-refractivity contribution in [2.75, 3.05) is 0 Å². The van der Waals surface area contributed by atoms with Crippen LogP contribution in [0.2, 0.25) is 0 Å². The molecule has 0 radical (unpaired) electrons. The Bertz CT molecular complexity index is 320. The van der Waals surface area contributed by atoms with E-state index in [1.54, 1.807) is 0 Å². The van der Waals surface area contributed by atoms with E-state index in [4.69, 9.17) is 4.74 Å². The van der Waals surface area contributed by atoms with Crippen molar-refractivity contribution in [1.82, 2.24) is 0 Å². The fraction of sp³-hybridized carbons (Fsp3) is 0.824. The summed E-state index contributed by atoms with van der Waals surface area (Å²) >= 11 is 0. The predicted molar refractivity (Wildman–Crippen MR) is 81.7 cm³/mol. The third-order valence-electron chi connectivity index (χ3n) is 3.95. The summed E-state index contributed by atoms with van der Waals surface area (Å²) in [6, 6.07) is 0. The summed E-state index contributed by atoms with van der Waals surface area (Å²) in [5.41, 5.74) is 0.519. The van der Waals surface area contributed by atoms with E-state index in [1.165, 1.54) is 32.1 Å². The van der Waals surface area contributed by atoms with E-state index in [1.807, 2.05) is 0 Å². The number of ether oxygens (including phenoxy) is 1. The Labute approximate surface area is 123 Å². The number of unbranched alkanes of at least 4 members (excludes halogenated alkanes) is 6. The third-order valence-corrected chi connectivity index (χ3v) is 3.95. The molecule has 20 heavy (non-hydrogen) atoms. The highest BCUT2D eigenvalue weighted by Gasteiger charge is 2.28. The molecule has 1 aliphatic heterocycles. The smallest absolute Gasteiger partial charge is 0.337 e. The van der Waals surface area contributed by atoms with Crippen LogP contribution in [0.25, 0.3) is 0 Å². The average molecular weight is 282 g/mol. The first-order valence-electron chi connectivity index (χ1n) is 8.31. The Morgan fingerprint density at radius 2 is 1.70 bits per heavy atom. The van der Waals surface area contributed by atoms with Crippen LogP contribution in [0, 0.1) is 0 Å². The van der Waals surface area contributed by atoms with Crippen molar-refractivity contribution in [1.29, 1.82) is 0 Å². The largest absolute Gasteiger partial charge is 0.512 e. The number of cyclic esters (lactones) is 1. The van der Waals surface area contributed by atoms with Crippen LogP contribution < -0.4 is 0 Å². The highest BCUT2D eigenvalue weighted by Crippen LogP contribution is 2.26. The molecule has 1 atom stereocenters. The van der Waals surface area contributed by atoms with E-state index in [9.17, 15) is 9.90 Å². The van der Waals surface area contributed by atoms with Crippen LogP contribution in [0.3, 0.4) is 0 Å². The number of aliphatic hydroxyl groups is 1. The number of carbonyl (C=O) groups excluding carboxylic acids is 1. The molecule has 0 aromatic heterocycles. The first kappa shape index (κ1) is 17.1. The molecule has 0 aliphatic carbocycles. The van der Waals surface area contributed by atoms with Crippen molar-refractivity contribution in [3.8, 4) is 0 Å². The van der Waals surface area contributed by atoms with Crippen LogP contribution in [-0.2, 0) is 9.53 Å². The number of hydrogen-bond donors (Lipinski definition) is 1. The minimum absolute atomic E-state index is 0.112. The van der Waals surface area contributed by atoms with Crippen LogP contribution in [0.5, 0.6) is 0 Å². The number of hydrogen-bond acceptors (Lipinski definition) is 3. The molecule has 0 aromatic carbocycles. The first-order valence-corrected chi connectivity index (χ1v) is 8.31. The molecular weight excluding hydrogens is 252 g/mol. The summed E-state index contributed by atoms with van der Waals surface area (Å²) < 4.78 is 5.45. The third kappa shape index (κ3) is 5.98. The fourth-order valence-corrected chi connectivity index (χ4v) is 2.66. The van der Waals surface area contributed by atoms with Gasteiger partial charge in [0.1, 0.15) is 11.9 Å². The van der Waals surface area contributed by atoms with Gasteiger partial charge in [0.05, 0.1) is 5.57 Å². The van der Waals surface area contributed by atoms with Crippen molar-refractivity contribution < 1.29 is 14.6 Å². The summed E-state index contributed by atoms with van der Waals surface area (Å²) in [5.74, 6) is -0.0102. The van der Waals surface area contributed by atoms with Gasteiger partial charge in [-0.25, -0.2) is 4.79 Å². The maximum absolute atomic E-state index is 11.9. The summed E-state index contributed by atoms with van der Waals surface area (Å²) in [6.07, 6.45) is 11.1. The maximum Gasteiger partial charge on any atom is 0.337 e. The van der Waals surface area contributed by atoms with E-state index in [2.05, 4.69) is 13.8 Å². The monoisotopic (exact) mass is 282 g/mol. The molecule has 0 saturated carbocycles. The zero-order valence-corrected chi connectivity index (χ0v) is 13.1. The summed E-state index contributed by atoms with van der Waals surface area (Å²) in [5, 5.41) is 10.0. The Kier molecular flexibility index (Phi) is 8.40. The van der Waals surface area contributed by atoms with Gasteiger partial charge in [-0.1, -0.05) is 52.4 Å². The zero-order chi connectivity index (χ0) is 14.8. The predicted octanol–water partition coefficient (Wildman–Crippen LogP) is 5.05. The number of rotatable bonds is 10. The second kappa shape index (κ2) is 9.84. The van der Waals surface area contributed by atoms with E-state index >= 15 is 0 Å². The van der Waals surface area contributed by atoms with Gasteiger partial charge in [-0.05, 0) is 25.7 Å². The van der Waals surface area contributed by atoms with E-state index in [0.29, 0.717) is 18.4 Å². The topological polar surface area (TPSA) is 46.5 Å². The first-order chi connectivity index (χ1) is 9.69. The molecule has 0 bridgehead atoms. The molecule has 0 aromatic rings. The Hall–Kier alpha value is -0.990. The van der Waals surface area contributed by atoms with Crippen LogP contribution in [-0.4, -0.2) is 17.2 Å². The van der Waals surface area contributed by atoms with Crippen molar-refractivity contribution in [3.63, 3.8) is 0 Å². The standard InChI is InChI=1S/C17H30O3/c1-3-5-7-9-11-14-13-16(18)15(17(19)20-14)12-10-8-6-4-2/h14,18H,3-13H2,1-2H3/t14-/m1/s1. The molecule has 1 aliphatic rings. The molecule has 1 rings (SSSR count). The lowest BCUT2D eigenvalue weighted by atomic mass is 9.98. The van der Waals surface area contributed by atoms with E-state index in [0.717, 1.165) is 25.7 Å². The quantitative estimate of drug-likeness (QED) is 0.450. The molecule has 0 spiro atoms. The van der Waals surface area contributed by atoms with Crippen molar-refractivity contribution in [2.45, 2.75) is 90.6 Å². The fourth-order valence-electron chi connectivity index (χ4n) is 2.66. The second-order valence-corrected chi connectivity index (χ2v) is 5.82. The van der Waals surface area contributed by atoms with Gasteiger partial charge in [-0.3, -0.25) is 0 Å².